The van der Waals surface area contributed by atoms with Crippen LogP contribution in [0.4, 0.5) is 0 Å². The van der Waals surface area contributed by atoms with Gasteiger partial charge < -0.3 is 73.4 Å². The smallest absolute Gasteiger partial charge is 0.870 e. The largest absolute Gasteiger partial charge is 2.00 e. The summed E-state index contributed by atoms with van der Waals surface area (Å²) in [5.41, 5.74) is 0. The molecule has 23 heteroatoms. The molecule has 27 heavy (non-hydrogen) atoms. The Labute approximate surface area is 304 Å². The van der Waals surface area contributed by atoms with E-state index >= 15 is 0 Å². The van der Waals surface area contributed by atoms with E-state index in [2.05, 4.69) is 0 Å². The number of unbranched alkanes of at least 4 members (excludes halogenated alkanes) is 1. The third kappa shape index (κ3) is 335. The van der Waals surface area contributed by atoms with Gasteiger partial charge in [0.2, 0.25) is 0 Å². The standard InChI is InChI=1S/C4H10O2.5Ca.3H3O4P.H2O/c5-3-1-2-4-6;;;;;;3*1-5(2,3)4;/h5-6H,1-4H2;;;;;;3*(H3,1,2,3,4);1H2/q;5*+2;;;;/p-10. The Morgan fingerprint density at radius 2 is 0.556 bits per heavy atom. The molecule has 0 atom stereocenters. The van der Waals surface area contributed by atoms with Crippen molar-refractivity contribution in [3.05, 3.63) is 0 Å². The first-order valence-electron chi connectivity index (χ1n) is 4.32. The summed E-state index contributed by atoms with van der Waals surface area (Å²) in [6, 6.07) is 0. The molecule has 0 spiro atoms. The molecule has 142 valence electrons. The van der Waals surface area contributed by atoms with Crippen molar-refractivity contribution in [2.45, 2.75) is 12.8 Å². The number of aliphatic hydroxyl groups excluding tert-OH is 2. The second kappa shape index (κ2) is 39.7. The average molecular weight is 592 g/mol. The van der Waals surface area contributed by atoms with Gasteiger partial charge in [0, 0.05) is 13.2 Å². The fourth-order valence-electron chi connectivity index (χ4n) is 0.224. The van der Waals surface area contributed by atoms with Crippen molar-refractivity contribution >= 4 is 212 Å². The van der Waals surface area contributed by atoms with Crippen LogP contribution in [0.3, 0.4) is 0 Å². The first-order valence-corrected chi connectivity index (χ1v) is 8.71. The van der Waals surface area contributed by atoms with E-state index in [0.29, 0.717) is 0 Å². The summed E-state index contributed by atoms with van der Waals surface area (Å²) in [5, 5.41) is 16.2. The van der Waals surface area contributed by atoms with Crippen LogP contribution < -0.4 is 44.0 Å². The zero-order valence-electron chi connectivity index (χ0n) is 13.9. The van der Waals surface area contributed by atoms with E-state index in [9.17, 15) is 0 Å². The summed E-state index contributed by atoms with van der Waals surface area (Å²) in [6.07, 6.45) is 1.44. The Hall–Kier alpha value is 6.51. The van der Waals surface area contributed by atoms with Crippen LogP contribution in [0.5, 0.6) is 0 Å². The third-order valence-corrected chi connectivity index (χ3v) is 0.566. The Balaban J connectivity index is -0.0000000167. The first kappa shape index (κ1) is 64.1. The Bertz CT molecular complexity index is 279. The Morgan fingerprint density at radius 3 is 0.593 bits per heavy atom. The summed E-state index contributed by atoms with van der Waals surface area (Å²) in [4.78, 5) is 76.9. The van der Waals surface area contributed by atoms with Crippen molar-refractivity contribution in [3.63, 3.8) is 0 Å². The van der Waals surface area contributed by atoms with Crippen LogP contribution in [0.25, 0.3) is 0 Å². The Morgan fingerprint density at radius 1 is 0.481 bits per heavy atom. The van der Waals surface area contributed by atoms with Crippen molar-refractivity contribution in [1.82, 2.24) is 0 Å². The number of hydrogen-bond donors (Lipinski definition) is 2. The number of rotatable bonds is 3. The second-order valence-corrected chi connectivity index (χ2v) is 5.18. The van der Waals surface area contributed by atoms with Crippen molar-refractivity contribution in [3.8, 4) is 0 Å². The number of phosphoric acid groups is 3. The molecule has 0 fully saturated rings. The monoisotopic (exact) mass is 592 g/mol. The molecule has 0 aromatic carbocycles. The molecular weight excluding hydrogens is 581 g/mol. The van der Waals surface area contributed by atoms with Gasteiger partial charge in [0.05, 0.1) is 0 Å². The molecule has 0 amide bonds. The molecule has 0 saturated heterocycles. The molecule has 0 rings (SSSR count). The van der Waals surface area contributed by atoms with E-state index in [1.165, 1.54) is 0 Å². The number of hydrogen-bond acceptors (Lipinski definition) is 15. The third-order valence-electron chi connectivity index (χ3n) is 0.566. The van der Waals surface area contributed by atoms with E-state index in [-0.39, 0.29) is 207 Å². The first-order chi connectivity index (χ1) is 8.91. The summed E-state index contributed by atoms with van der Waals surface area (Å²) in [7, 11) is -16.2. The van der Waals surface area contributed by atoms with E-state index in [4.69, 9.17) is 67.9 Å². The van der Waals surface area contributed by atoms with Crippen LogP contribution >= 0.6 is 23.5 Å². The van der Waals surface area contributed by atoms with Gasteiger partial charge in [-0.2, -0.15) is 23.5 Å². The molecule has 0 bridgehead atoms. The minimum absolute atomic E-state index is 0. The van der Waals surface area contributed by atoms with Crippen LogP contribution in [0.15, 0.2) is 0 Å². The van der Waals surface area contributed by atoms with E-state index in [1.807, 2.05) is 0 Å². The quantitative estimate of drug-likeness (QED) is 0.174. The summed E-state index contributed by atoms with van der Waals surface area (Å²) in [6.45, 7) is 0.390. The fraction of sp³-hybridized carbons (Fsp3) is 1.00. The molecule has 0 aliphatic rings. The maximum absolute atomic E-state index is 8.55. The van der Waals surface area contributed by atoms with E-state index in [1.54, 1.807) is 0 Å². The zero-order valence-corrected chi connectivity index (χ0v) is 27.7. The fourth-order valence-corrected chi connectivity index (χ4v) is 0.224. The predicted molar refractivity (Wildman–Crippen MR) is 76.9 cm³/mol. The minimum Gasteiger partial charge on any atom is -0.870 e. The molecule has 0 aliphatic heterocycles. The van der Waals surface area contributed by atoms with Crippen LogP contribution in [0, 0.1) is 0 Å². The number of aliphatic hydroxyl groups is 2. The molecule has 0 aromatic rings. The maximum atomic E-state index is 8.55. The van der Waals surface area contributed by atoms with Gasteiger partial charge in [0.1, 0.15) is 0 Å². The van der Waals surface area contributed by atoms with Gasteiger partial charge in [0.15, 0.2) is 0 Å². The average Bonchev–Trinajstić information content (AvgIpc) is 2.06. The van der Waals surface area contributed by atoms with Crippen LogP contribution in [-0.4, -0.2) is 218 Å². The molecule has 3 N–H and O–H groups in total. The Kier molecular flexibility index (Phi) is 94.2. The van der Waals surface area contributed by atoms with Gasteiger partial charge in [-0.05, 0) is 12.8 Å². The predicted octanol–water partition coefficient (Wildman–Crippen LogP) is -10.8. The van der Waals surface area contributed by atoms with E-state index < -0.39 is 23.5 Å². The van der Waals surface area contributed by atoms with Crippen molar-refractivity contribution in [2.75, 3.05) is 13.2 Å². The van der Waals surface area contributed by atoms with Gasteiger partial charge in [-0.25, -0.2) is 0 Å². The SMILES string of the molecule is O=P([O-])([O-])[O-].O=P([O-])([O-])[O-].O=P([O-])([O-])[O-].OCCCCO.[Ca+2].[Ca+2].[Ca+2].[Ca+2].[Ca+2].[OH-]. The van der Waals surface area contributed by atoms with Crippen molar-refractivity contribution in [1.29, 1.82) is 0 Å². The maximum Gasteiger partial charge on any atom is 2.00 e. The van der Waals surface area contributed by atoms with Crippen LogP contribution in [-0.2, 0) is 13.7 Å². The molecule has 0 aromatic heterocycles. The second-order valence-electron chi connectivity index (χ2n) is 2.50. The summed E-state index contributed by atoms with van der Waals surface area (Å²) >= 11 is 0. The van der Waals surface area contributed by atoms with Crippen LogP contribution in [0.2, 0.25) is 0 Å². The summed E-state index contributed by atoms with van der Waals surface area (Å²) in [5.74, 6) is 0. The van der Waals surface area contributed by atoms with Gasteiger partial charge in [-0.15, -0.1) is 0 Å². The molecule has 0 radical (unpaired) electrons. The van der Waals surface area contributed by atoms with Gasteiger partial charge in [-0.3, -0.25) is 0 Å². The molecule has 0 saturated carbocycles. The molecule has 0 aliphatic carbocycles. The summed E-state index contributed by atoms with van der Waals surface area (Å²) < 4.78 is 25.6. The van der Waals surface area contributed by atoms with Crippen molar-refractivity contribution < 1.29 is 73.4 Å². The molecular formula is C4H11Ca5O15P3. The van der Waals surface area contributed by atoms with Gasteiger partial charge >= 0.3 is 189 Å². The molecule has 0 unspecified atom stereocenters. The minimum atomic E-state index is -5.39. The van der Waals surface area contributed by atoms with E-state index in [0.717, 1.165) is 12.8 Å². The van der Waals surface area contributed by atoms with Gasteiger partial charge in [0.25, 0.3) is 0 Å². The van der Waals surface area contributed by atoms with Crippen molar-refractivity contribution in [2.24, 2.45) is 0 Å². The topological polar surface area (TPSA) is 329 Å². The molecule has 0 heterocycles. The van der Waals surface area contributed by atoms with Gasteiger partial charge in [-0.1, -0.05) is 0 Å². The normalized spacial score (nSPS) is 8.56. The zero-order chi connectivity index (χ0) is 18.3. The van der Waals surface area contributed by atoms with Crippen LogP contribution in [0.1, 0.15) is 12.8 Å². The molecule has 15 nitrogen and oxygen atoms in total.